The first-order valence-corrected chi connectivity index (χ1v) is 7.49. The normalized spacial score (nSPS) is 38.5. The molecule has 0 unspecified atom stereocenters. The van der Waals surface area contributed by atoms with Crippen molar-refractivity contribution in [3.63, 3.8) is 0 Å². The molecule has 3 fully saturated rings. The van der Waals surface area contributed by atoms with E-state index in [4.69, 9.17) is 4.74 Å². The molecule has 0 heterocycles. The Hall–Kier alpha value is -0.900. The molecule has 0 radical (unpaired) electrons. The Morgan fingerprint density at radius 2 is 2.00 bits per heavy atom. The Labute approximate surface area is 121 Å². The van der Waals surface area contributed by atoms with E-state index in [0.717, 1.165) is 18.6 Å². The molecule has 4 atom stereocenters. The van der Waals surface area contributed by atoms with Crippen LogP contribution in [0, 0.1) is 23.2 Å². The fourth-order valence-electron chi connectivity index (χ4n) is 3.90. The van der Waals surface area contributed by atoms with Crippen molar-refractivity contribution >= 4 is 11.7 Å². The highest BCUT2D eigenvalue weighted by atomic mass is 16.5. The lowest BCUT2D eigenvalue weighted by molar-refractivity contribution is -0.143. The summed E-state index contributed by atoms with van der Waals surface area (Å²) in [7, 11) is 1.39. The summed E-state index contributed by atoms with van der Waals surface area (Å²) >= 11 is 0. The highest BCUT2D eigenvalue weighted by Gasteiger charge is 2.61. The molecular formula is C16H27NO3. The summed E-state index contributed by atoms with van der Waals surface area (Å²) in [5, 5.41) is 10.9. The summed E-state index contributed by atoms with van der Waals surface area (Å²) in [6, 6.07) is -0.512. The predicted octanol–water partition coefficient (Wildman–Crippen LogP) is 2.44. The molecule has 0 saturated heterocycles. The van der Waals surface area contributed by atoms with Gasteiger partial charge < -0.3 is 9.84 Å². The topological polar surface area (TPSA) is 58.9 Å². The van der Waals surface area contributed by atoms with Crippen molar-refractivity contribution in [3.05, 3.63) is 0 Å². The predicted molar refractivity (Wildman–Crippen MR) is 78.7 cm³/mol. The molecular weight excluding hydrogens is 254 g/mol. The number of aliphatic imine (C=N–C) groups is 1. The number of aliphatic hydroxyl groups is 1. The minimum Gasteiger partial charge on any atom is -0.467 e. The first-order chi connectivity index (χ1) is 9.12. The van der Waals surface area contributed by atoms with Crippen LogP contribution in [0.5, 0.6) is 0 Å². The van der Waals surface area contributed by atoms with E-state index in [9.17, 15) is 9.90 Å². The number of carbonyl (C=O) groups is 1. The molecule has 3 saturated carbocycles. The third kappa shape index (κ3) is 2.18. The molecule has 0 amide bonds. The van der Waals surface area contributed by atoms with Gasteiger partial charge in [-0.3, -0.25) is 4.99 Å². The Kier molecular flexibility index (Phi) is 3.74. The van der Waals surface area contributed by atoms with Crippen molar-refractivity contribution in [2.24, 2.45) is 28.2 Å². The van der Waals surface area contributed by atoms with Gasteiger partial charge in [0.2, 0.25) is 0 Å². The van der Waals surface area contributed by atoms with E-state index >= 15 is 0 Å². The van der Waals surface area contributed by atoms with Crippen LogP contribution in [0.4, 0.5) is 0 Å². The van der Waals surface area contributed by atoms with Crippen molar-refractivity contribution in [1.82, 2.24) is 0 Å². The quantitative estimate of drug-likeness (QED) is 0.808. The average Bonchev–Trinajstić information content (AvgIpc) is 2.34. The molecule has 0 spiro atoms. The molecule has 114 valence electrons. The van der Waals surface area contributed by atoms with Gasteiger partial charge in [0.05, 0.1) is 7.11 Å². The average molecular weight is 281 g/mol. The maximum absolute atomic E-state index is 11.8. The van der Waals surface area contributed by atoms with Crippen LogP contribution in [0.25, 0.3) is 0 Å². The van der Waals surface area contributed by atoms with Crippen molar-refractivity contribution in [2.75, 3.05) is 7.11 Å². The molecule has 0 aromatic carbocycles. The zero-order valence-electron chi connectivity index (χ0n) is 13.4. The number of fused-ring (bicyclic) bond motifs is 2. The second-order valence-electron chi connectivity index (χ2n) is 7.45. The zero-order valence-corrected chi connectivity index (χ0v) is 13.4. The molecule has 2 bridgehead atoms. The minimum absolute atomic E-state index is 0.0667. The molecule has 20 heavy (non-hydrogen) atoms. The van der Waals surface area contributed by atoms with Crippen LogP contribution >= 0.6 is 0 Å². The Morgan fingerprint density at radius 1 is 1.40 bits per heavy atom. The lowest BCUT2D eigenvalue weighted by Gasteiger charge is -2.62. The third-order valence-corrected chi connectivity index (χ3v) is 5.54. The molecule has 1 N–H and O–H groups in total. The van der Waals surface area contributed by atoms with Crippen LogP contribution < -0.4 is 0 Å². The SMILES string of the molecule is COC(=O)[C@H](N=C1C[C@@H]2C[C@@H](C2(C)C)[C@]1(C)O)C(C)C. The van der Waals surface area contributed by atoms with Crippen LogP contribution in [0.2, 0.25) is 0 Å². The minimum atomic E-state index is -0.903. The summed E-state index contributed by atoms with van der Waals surface area (Å²) in [5.41, 5.74) is 0.0442. The van der Waals surface area contributed by atoms with Crippen molar-refractivity contribution in [2.45, 2.75) is 59.1 Å². The number of methoxy groups -OCH3 is 1. The molecule has 0 aromatic rings. The number of hydrogen-bond acceptors (Lipinski definition) is 4. The third-order valence-electron chi connectivity index (χ3n) is 5.54. The summed E-state index contributed by atoms with van der Waals surface area (Å²) in [5.74, 6) is 0.550. The molecule has 3 aliphatic carbocycles. The molecule has 0 aliphatic heterocycles. The highest BCUT2D eigenvalue weighted by molar-refractivity contribution is 5.96. The second kappa shape index (κ2) is 4.83. The molecule has 0 aromatic heterocycles. The smallest absolute Gasteiger partial charge is 0.330 e. The van der Waals surface area contributed by atoms with E-state index in [1.807, 2.05) is 20.8 Å². The van der Waals surface area contributed by atoms with E-state index in [0.29, 0.717) is 5.92 Å². The van der Waals surface area contributed by atoms with E-state index < -0.39 is 11.6 Å². The maximum Gasteiger partial charge on any atom is 0.330 e. The highest BCUT2D eigenvalue weighted by Crippen LogP contribution is 2.61. The van der Waals surface area contributed by atoms with Crippen LogP contribution in [-0.2, 0) is 9.53 Å². The van der Waals surface area contributed by atoms with Gasteiger partial charge in [-0.05, 0) is 42.9 Å². The van der Waals surface area contributed by atoms with Crippen molar-refractivity contribution in [3.8, 4) is 0 Å². The van der Waals surface area contributed by atoms with Gasteiger partial charge in [-0.1, -0.05) is 27.7 Å². The number of ether oxygens (including phenoxy) is 1. The largest absolute Gasteiger partial charge is 0.467 e. The van der Waals surface area contributed by atoms with E-state index in [1.165, 1.54) is 7.11 Å². The number of hydrogen-bond donors (Lipinski definition) is 1. The first-order valence-electron chi connectivity index (χ1n) is 7.49. The van der Waals surface area contributed by atoms with Gasteiger partial charge in [0.15, 0.2) is 0 Å². The second-order valence-corrected chi connectivity index (χ2v) is 7.45. The maximum atomic E-state index is 11.8. The van der Waals surface area contributed by atoms with Gasteiger partial charge in [0.1, 0.15) is 11.6 Å². The standard InChI is InChI=1S/C16H27NO3/c1-9(2)13(14(18)20-6)17-12-8-10-7-11(15(10,3)4)16(12,5)19/h9-11,13,19H,7-8H2,1-6H3/t10-,11-,13+,16-/m0/s1. The van der Waals surface area contributed by atoms with Gasteiger partial charge in [-0.15, -0.1) is 0 Å². The van der Waals surface area contributed by atoms with Crippen LogP contribution in [0.3, 0.4) is 0 Å². The monoisotopic (exact) mass is 281 g/mol. The lowest BCUT2D eigenvalue weighted by Crippen LogP contribution is -2.65. The number of carbonyl (C=O) groups excluding carboxylic acids is 1. The zero-order chi connectivity index (χ0) is 15.3. The lowest BCUT2D eigenvalue weighted by atomic mass is 9.44. The molecule has 4 heteroatoms. The summed E-state index contributed by atoms with van der Waals surface area (Å²) in [6.07, 6.45) is 1.85. The summed E-state index contributed by atoms with van der Waals surface area (Å²) in [6.45, 7) is 10.2. The number of rotatable bonds is 3. The van der Waals surface area contributed by atoms with E-state index in [-0.39, 0.29) is 23.2 Å². The fraction of sp³-hybridized carbons (Fsp3) is 0.875. The van der Waals surface area contributed by atoms with E-state index in [1.54, 1.807) is 0 Å². The number of esters is 1. The summed E-state index contributed by atoms with van der Waals surface area (Å²) in [4.78, 5) is 16.4. The van der Waals surface area contributed by atoms with Gasteiger partial charge in [-0.25, -0.2) is 4.79 Å². The molecule has 4 nitrogen and oxygen atoms in total. The van der Waals surface area contributed by atoms with Crippen molar-refractivity contribution < 1.29 is 14.6 Å². The Bertz CT molecular complexity index is 437. The fourth-order valence-corrected chi connectivity index (χ4v) is 3.90. The van der Waals surface area contributed by atoms with Gasteiger partial charge >= 0.3 is 5.97 Å². The molecule has 3 rings (SSSR count). The number of nitrogens with zero attached hydrogens (tertiary/aromatic N) is 1. The summed E-state index contributed by atoms with van der Waals surface area (Å²) < 4.78 is 4.83. The Balaban J connectivity index is 2.29. The Morgan fingerprint density at radius 3 is 2.40 bits per heavy atom. The van der Waals surface area contributed by atoms with Gasteiger partial charge in [0, 0.05) is 5.71 Å². The van der Waals surface area contributed by atoms with Crippen LogP contribution in [0.1, 0.15) is 47.5 Å². The van der Waals surface area contributed by atoms with Crippen LogP contribution in [0.15, 0.2) is 4.99 Å². The molecule has 3 aliphatic rings. The van der Waals surface area contributed by atoms with Crippen LogP contribution in [-0.4, -0.2) is 35.5 Å². The first kappa shape index (κ1) is 15.5. The van der Waals surface area contributed by atoms with E-state index in [2.05, 4.69) is 18.8 Å². The van der Waals surface area contributed by atoms with Gasteiger partial charge in [0.25, 0.3) is 0 Å². The van der Waals surface area contributed by atoms with Crippen molar-refractivity contribution in [1.29, 1.82) is 0 Å². The van der Waals surface area contributed by atoms with Gasteiger partial charge in [-0.2, -0.15) is 0 Å².